The number of carbonyl (C=O) groups excluding carboxylic acids is 1. The molecule has 106 valence electrons. The topological polar surface area (TPSA) is 58.1 Å². The summed E-state index contributed by atoms with van der Waals surface area (Å²) < 4.78 is 0. The number of rotatable bonds is 5. The van der Waals surface area contributed by atoms with Crippen LogP contribution in [0.25, 0.3) is 0 Å². The highest BCUT2D eigenvalue weighted by atomic mass is 32.1. The first-order valence-corrected chi connectivity index (χ1v) is 7.17. The highest BCUT2D eigenvalue weighted by Crippen LogP contribution is 2.19. The molecule has 6 heteroatoms. The monoisotopic (exact) mass is 290 g/mol. The lowest BCUT2D eigenvalue weighted by Crippen LogP contribution is -2.23. The third-order valence-corrected chi connectivity index (χ3v) is 3.80. The Bertz CT molecular complexity index is 580. The van der Waals surface area contributed by atoms with Gasteiger partial charge in [-0.1, -0.05) is 6.07 Å². The van der Waals surface area contributed by atoms with E-state index in [0.717, 1.165) is 22.9 Å². The van der Waals surface area contributed by atoms with E-state index >= 15 is 0 Å². The maximum atomic E-state index is 12.2. The maximum Gasteiger partial charge on any atom is 0.263 e. The van der Waals surface area contributed by atoms with Crippen molar-refractivity contribution in [3.63, 3.8) is 0 Å². The molecule has 0 saturated carbocycles. The Balaban J connectivity index is 2.00. The Hall–Kier alpha value is -1.79. The van der Waals surface area contributed by atoms with Gasteiger partial charge in [0, 0.05) is 12.7 Å². The van der Waals surface area contributed by atoms with E-state index in [4.69, 9.17) is 0 Å². The molecule has 0 aromatic carbocycles. The first kappa shape index (κ1) is 14.6. The Morgan fingerprint density at radius 3 is 2.85 bits per heavy atom. The van der Waals surface area contributed by atoms with Gasteiger partial charge in [-0.25, -0.2) is 4.98 Å². The number of amides is 1. The van der Waals surface area contributed by atoms with Crippen LogP contribution in [0.3, 0.4) is 0 Å². The van der Waals surface area contributed by atoms with E-state index < -0.39 is 0 Å². The molecule has 0 atom stereocenters. The molecule has 2 aromatic rings. The van der Waals surface area contributed by atoms with Crippen LogP contribution in [0.15, 0.2) is 24.4 Å². The van der Waals surface area contributed by atoms with Gasteiger partial charge in [-0.2, -0.15) is 0 Å². The van der Waals surface area contributed by atoms with Gasteiger partial charge in [0.15, 0.2) is 0 Å². The van der Waals surface area contributed by atoms with E-state index in [1.165, 1.54) is 11.3 Å². The van der Waals surface area contributed by atoms with Crippen molar-refractivity contribution >= 4 is 17.2 Å². The van der Waals surface area contributed by atoms with Crippen molar-refractivity contribution in [2.45, 2.75) is 20.0 Å². The number of hydrogen-bond donors (Lipinski definition) is 1. The molecule has 0 fully saturated rings. The zero-order chi connectivity index (χ0) is 14.5. The number of aryl methyl sites for hydroxylation is 1. The minimum absolute atomic E-state index is 0.0874. The number of hydrogen-bond acceptors (Lipinski definition) is 5. The highest BCUT2D eigenvalue weighted by molar-refractivity contribution is 7.13. The zero-order valence-corrected chi connectivity index (χ0v) is 12.7. The summed E-state index contributed by atoms with van der Waals surface area (Å²) in [5.74, 6) is -0.0874. The van der Waals surface area contributed by atoms with Crippen LogP contribution in [-0.4, -0.2) is 34.9 Å². The van der Waals surface area contributed by atoms with Crippen LogP contribution >= 0.6 is 11.3 Å². The number of thiazole rings is 1. The summed E-state index contributed by atoms with van der Waals surface area (Å²) >= 11 is 1.45. The summed E-state index contributed by atoms with van der Waals surface area (Å²) in [5, 5.41) is 3.83. The standard InChI is InChI=1S/C14H18N4OS/c1-10-13(20-12(17-10)9-18(2)3)14(19)16-8-11-6-4-5-7-15-11/h4-7H,8-9H2,1-3H3,(H,16,19). The Labute approximate surface area is 122 Å². The molecule has 2 rings (SSSR count). The molecule has 0 aliphatic heterocycles. The number of nitrogens with one attached hydrogen (secondary N) is 1. The molecular formula is C14H18N4OS. The van der Waals surface area contributed by atoms with Gasteiger partial charge in [0.05, 0.1) is 17.9 Å². The second kappa shape index (κ2) is 6.58. The summed E-state index contributed by atoms with van der Waals surface area (Å²) in [7, 11) is 3.97. The molecule has 0 saturated heterocycles. The van der Waals surface area contributed by atoms with E-state index in [1.807, 2.05) is 44.1 Å². The highest BCUT2D eigenvalue weighted by Gasteiger charge is 2.15. The van der Waals surface area contributed by atoms with Crippen LogP contribution in [0.4, 0.5) is 0 Å². The number of pyridine rings is 1. The molecule has 2 heterocycles. The maximum absolute atomic E-state index is 12.2. The van der Waals surface area contributed by atoms with Crippen LogP contribution in [0, 0.1) is 6.92 Å². The molecule has 0 spiro atoms. The van der Waals surface area contributed by atoms with E-state index in [9.17, 15) is 4.79 Å². The lowest BCUT2D eigenvalue weighted by atomic mass is 10.3. The average Bonchev–Trinajstić information content (AvgIpc) is 2.77. The SMILES string of the molecule is Cc1nc(CN(C)C)sc1C(=O)NCc1ccccn1. The third kappa shape index (κ3) is 3.85. The fourth-order valence-electron chi connectivity index (χ4n) is 1.75. The van der Waals surface area contributed by atoms with Crippen molar-refractivity contribution in [3.8, 4) is 0 Å². The first-order chi connectivity index (χ1) is 9.56. The lowest BCUT2D eigenvalue weighted by molar-refractivity contribution is 0.0953. The van der Waals surface area contributed by atoms with Gasteiger partial charge in [-0.3, -0.25) is 9.78 Å². The number of aromatic nitrogens is 2. The van der Waals surface area contributed by atoms with E-state index in [0.29, 0.717) is 11.4 Å². The largest absolute Gasteiger partial charge is 0.346 e. The second-order valence-corrected chi connectivity index (χ2v) is 5.85. The summed E-state index contributed by atoms with van der Waals surface area (Å²) in [5.41, 5.74) is 1.63. The molecule has 0 radical (unpaired) electrons. The van der Waals surface area contributed by atoms with Gasteiger partial charge >= 0.3 is 0 Å². The van der Waals surface area contributed by atoms with Crippen LogP contribution < -0.4 is 5.32 Å². The molecule has 1 N–H and O–H groups in total. The fourth-order valence-corrected chi connectivity index (χ4v) is 2.85. The van der Waals surface area contributed by atoms with Crippen molar-refractivity contribution in [2.75, 3.05) is 14.1 Å². The zero-order valence-electron chi connectivity index (χ0n) is 11.9. The van der Waals surface area contributed by atoms with Gasteiger partial charge in [-0.15, -0.1) is 11.3 Å². The van der Waals surface area contributed by atoms with Gasteiger partial charge in [0.1, 0.15) is 9.88 Å². The van der Waals surface area contributed by atoms with Crippen molar-refractivity contribution in [2.24, 2.45) is 0 Å². The predicted molar refractivity (Wildman–Crippen MR) is 79.6 cm³/mol. The smallest absolute Gasteiger partial charge is 0.263 e. The minimum Gasteiger partial charge on any atom is -0.346 e. The van der Waals surface area contributed by atoms with E-state index in [-0.39, 0.29) is 5.91 Å². The van der Waals surface area contributed by atoms with Gasteiger partial charge in [0.2, 0.25) is 0 Å². The van der Waals surface area contributed by atoms with Crippen molar-refractivity contribution in [1.29, 1.82) is 0 Å². The van der Waals surface area contributed by atoms with Crippen molar-refractivity contribution < 1.29 is 4.79 Å². The normalized spacial score (nSPS) is 10.8. The lowest BCUT2D eigenvalue weighted by Gasteiger charge is -2.05. The van der Waals surface area contributed by atoms with E-state index in [2.05, 4.69) is 15.3 Å². The fraction of sp³-hybridized carbons (Fsp3) is 0.357. The third-order valence-electron chi connectivity index (χ3n) is 2.65. The van der Waals surface area contributed by atoms with Crippen LogP contribution in [-0.2, 0) is 13.1 Å². The van der Waals surface area contributed by atoms with Gasteiger partial charge < -0.3 is 10.2 Å². The molecule has 0 bridgehead atoms. The summed E-state index contributed by atoms with van der Waals surface area (Å²) in [6, 6.07) is 5.64. The molecular weight excluding hydrogens is 272 g/mol. The van der Waals surface area contributed by atoms with Crippen LogP contribution in [0.1, 0.15) is 26.1 Å². The van der Waals surface area contributed by atoms with Crippen LogP contribution in [0.2, 0.25) is 0 Å². The quantitative estimate of drug-likeness (QED) is 0.913. The number of nitrogens with zero attached hydrogens (tertiary/aromatic N) is 3. The molecule has 5 nitrogen and oxygen atoms in total. The Morgan fingerprint density at radius 1 is 1.40 bits per heavy atom. The summed E-state index contributed by atoms with van der Waals surface area (Å²) in [6.45, 7) is 3.05. The summed E-state index contributed by atoms with van der Waals surface area (Å²) in [6.07, 6.45) is 1.72. The molecule has 0 unspecified atom stereocenters. The molecule has 20 heavy (non-hydrogen) atoms. The minimum atomic E-state index is -0.0874. The second-order valence-electron chi connectivity index (χ2n) is 4.76. The first-order valence-electron chi connectivity index (χ1n) is 6.35. The Kier molecular flexibility index (Phi) is 4.81. The average molecular weight is 290 g/mol. The van der Waals surface area contributed by atoms with E-state index in [1.54, 1.807) is 6.20 Å². The predicted octanol–water partition coefficient (Wildman–Crippen LogP) is 1.84. The molecule has 2 aromatic heterocycles. The van der Waals surface area contributed by atoms with Crippen LogP contribution in [0.5, 0.6) is 0 Å². The van der Waals surface area contributed by atoms with Crippen molar-refractivity contribution in [1.82, 2.24) is 20.2 Å². The molecule has 1 amide bonds. The molecule has 0 aliphatic rings. The Morgan fingerprint density at radius 2 is 2.20 bits per heavy atom. The van der Waals surface area contributed by atoms with Gasteiger partial charge in [-0.05, 0) is 33.2 Å². The van der Waals surface area contributed by atoms with Crippen molar-refractivity contribution in [3.05, 3.63) is 45.7 Å². The number of carbonyl (C=O) groups is 1. The molecule has 0 aliphatic carbocycles. The van der Waals surface area contributed by atoms with Gasteiger partial charge in [0.25, 0.3) is 5.91 Å². The summed E-state index contributed by atoms with van der Waals surface area (Å²) in [4.78, 5) is 23.5.